The minimum Gasteiger partial charge on any atom is -0.478 e. The van der Waals surface area contributed by atoms with Gasteiger partial charge in [-0.15, -0.1) is 0 Å². The maximum Gasteiger partial charge on any atom is 0.337 e. The molecule has 0 atom stereocenters. The Bertz CT molecular complexity index is 1540. The van der Waals surface area contributed by atoms with Gasteiger partial charge in [0.1, 0.15) is 10.7 Å². The summed E-state index contributed by atoms with van der Waals surface area (Å²) in [5.74, 6) is -1.50. The maximum absolute atomic E-state index is 12.9. The standard InChI is InChI=1S/C23H21Cl2N3O6S3/c24-15-4-9-21(19(25)12-15)36(31,32)27-22-13-18(23(29)30)20(14-26-22)35-16-5-7-17(8-6-16)37(33,34)28-10-2-1-3-11-28/h4-9,12-14H,1-3,10-11H2,(H,26,27)(H,29,30). The predicted molar refractivity (Wildman–Crippen MR) is 142 cm³/mol. The number of sulfonamides is 2. The summed E-state index contributed by atoms with van der Waals surface area (Å²) >= 11 is 12.9. The van der Waals surface area contributed by atoms with E-state index in [0.717, 1.165) is 37.1 Å². The zero-order valence-corrected chi connectivity index (χ0v) is 23.1. The molecule has 2 aromatic carbocycles. The summed E-state index contributed by atoms with van der Waals surface area (Å²) in [6, 6.07) is 11.1. The van der Waals surface area contributed by atoms with Gasteiger partial charge in [0.15, 0.2) is 0 Å². The number of aromatic carboxylic acids is 1. The molecule has 37 heavy (non-hydrogen) atoms. The van der Waals surface area contributed by atoms with Gasteiger partial charge in [-0.1, -0.05) is 41.4 Å². The Labute approximate surface area is 228 Å². The number of carbonyl (C=O) groups is 1. The molecule has 0 bridgehead atoms. The number of aromatic nitrogens is 1. The van der Waals surface area contributed by atoms with Gasteiger partial charge in [-0.3, -0.25) is 4.72 Å². The number of hydrogen-bond donors (Lipinski definition) is 2. The van der Waals surface area contributed by atoms with Crippen molar-refractivity contribution in [1.29, 1.82) is 0 Å². The van der Waals surface area contributed by atoms with Crippen molar-refractivity contribution >= 4 is 66.8 Å². The lowest BCUT2D eigenvalue weighted by atomic mass is 10.2. The first-order valence-electron chi connectivity index (χ1n) is 11.0. The molecule has 1 aromatic heterocycles. The van der Waals surface area contributed by atoms with Crippen LogP contribution < -0.4 is 4.72 Å². The Balaban J connectivity index is 1.55. The van der Waals surface area contributed by atoms with Crippen LogP contribution in [0.25, 0.3) is 0 Å². The molecule has 0 saturated carbocycles. The van der Waals surface area contributed by atoms with Crippen LogP contribution >= 0.6 is 35.0 Å². The van der Waals surface area contributed by atoms with Crippen molar-refractivity contribution in [2.45, 2.75) is 38.8 Å². The number of carboxylic acid groups (broad SMARTS) is 1. The monoisotopic (exact) mass is 601 g/mol. The van der Waals surface area contributed by atoms with Crippen LogP contribution in [-0.2, 0) is 20.0 Å². The van der Waals surface area contributed by atoms with E-state index >= 15 is 0 Å². The lowest BCUT2D eigenvalue weighted by Crippen LogP contribution is -2.35. The van der Waals surface area contributed by atoms with Gasteiger partial charge >= 0.3 is 5.97 Å². The number of piperidine rings is 1. The Morgan fingerprint density at radius 2 is 1.65 bits per heavy atom. The van der Waals surface area contributed by atoms with Crippen molar-refractivity contribution in [1.82, 2.24) is 9.29 Å². The minimum absolute atomic E-state index is 0.101. The second-order valence-electron chi connectivity index (χ2n) is 8.09. The lowest BCUT2D eigenvalue weighted by molar-refractivity contribution is 0.0693. The van der Waals surface area contributed by atoms with Crippen molar-refractivity contribution in [3.05, 3.63) is 70.3 Å². The number of hydrogen-bond acceptors (Lipinski definition) is 7. The number of pyridine rings is 1. The van der Waals surface area contributed by atoms with E-state index in [1.165, 1.54) is 40.8 Å². The SMILES string of the molecule is O=C(O)c1cc(NS(=O)(=O)c2ccc(Cl)cc2Cl)ncc1Sc1ccc(S(=O)(=O)N2CCCCC2)cc1. The minimum atomic E-state index is -4.17. The van der Waals surface area contributed by atoms with Crippen LogP contribution in [0, 0.1) is 0 Å². The second-order valence-corrected chi connectivity index (χ2v) is 13.6. The summed E-state index contributed by atoms with van der Waals surface area (Å²) in [7, 11) is -7.76. The molecule has 1 aliphatic rings. The van der Waals surface area contributed by atoms with Gasteiger partial charge in [0.25, 0.3) is 10.0 Å². The number of benzene rings is 2. The first-order valence-corrected chi connectivity index (χ1v) is 15.5. The highest BCUT2D eigenvalue weighted by atomic mass is 35.5. The van der Waals surface area contributed by atoms with Crippen molar-refractivity contribution < 1.29 is 26.7 Å². The Morgan fingerprint density at radius 3 is 2.27 bits per heavy atom. The van der Waals surface area contributed by atoms with Crippen LogP contribution in [0.15, 0.2) is 74.3 Å². The summed E-state index contributed by atoms with van der Waals surface area (Å²) in [6.45, 7) is 0.986. The fourth-order valence-electron chi connectivity index (χ4n) is 3.69. The first-order chi connectivity index (χ1) is 17.5. The molecular formula is C23H21Cl2N3O6S3. The summed E-state index contributed by atoms with van der Waals surface area (Å²) in [6.07, 6.45) is 3.90. The number of nitrogens with one attached hydrogen (secondary N) is 1. The van der Waals surface area contributed by atoms with E-state index < -0.39 is 26.0 Å². The Hall–Kier alpha value is -2.35. The average Bonchev–Trinajstić information content (AvgIpc) is 2.85. The molecule has 1 saturated heterocycles. The smallest absolute Gasteiger partial charge is 0.337 e. The molecular weight excluding hydrogens is 581 g/mol. The number of nitrogens with zero attached hydrogens (tertiary/aromatic N) is 2. The number of anilines is 1. The van der Waals surface area contributed by atoms with Crippen LogP contribution in [0.1, 0.15) is 29.6 Å². The van der Waals surface area contributed by atoms with E-state index in [-0.39, 0.29) is 36.1 Å². The third-order valence-electron chi connectivity index (χ3n) is 5.52. The molecule has 0 radical (unpaired) electrons. The molecule has 3 aromatic rings. The molecule has 9 nitrogen and oxygen atoms in total. The fraction of sp³-hybridized carbons (Fsp3) is 0.217. The van der Waals surface area contributed by atoms with Crippen LogP contribution in [0.2, 0.25) is 10.0 Å². The van der Waals surface area contributed by atoms with Crippen molar-refractivity contribution in [3.63, 3.8) is 0 Å². The van der Waals surface area contributed by atoms with E-state index in [1.54, 1.807) is 12.1 Å². The summed E-state index contributed by atoms with van der Waals surface area (Å²) in [4.78, 5) is 16.7. The normalized spacial score (nSPS) is 14.9. The predicted octanol–water partition coefficient (Wildman–Crippen LogP) is 5.21. The largest absolute Gasteiger partial charge is 0.478 e. The van der Waals surface area contributed by atoms with Gasteiger partial charge in [0, 0.05) is 34.1 Å². The van der Waals surface area contributed by atoms with Crippen LogP contribution in [0.5, 0.6) is 0 Å². The van der Waals surface area contributed by atoms with Crippen molar-refractivity contribution in [2.24, 2.45) is 0 Å². The molecule has 196 valence electrons. The van der Waals surface area contributed by atoms with Gasteiger partial charge in [-0.05, 0) is 61.4 Å². The van der Waals surface area contributed by atoms with Crippen LogP contribution in [0.4, 0.5) is 5.82 Å². The topological polar surface area (TPSA) is 134 Å². The van der Waals surface area contributed by atoms with Gasteiger partial charge in [0.2, 0.25) is 10.0 Å². The van der Waals surface area contributed by atoms with Crippen LogP contribution in [0.3, 0.4) is 0 Å². The Kier molecular flexibility index (Phi) is 8.36. The van der Waals surface area contributed by atoms with E-state index in [2.05, 4.69) is 9.71 Å². The molecule has 14 heteroatoms. The summed E-state index contributed by atoms with van der Waals surface area (Å²) in [5.41, 5.74) is -0.190. The van der Waals surface area contributed by atoms with Gasteiger partial charge in [0.05, 0.1) is 15.5 Å². The number of carboxylic acids is 1. The quantitative estimate of drug-likeness (QED) is 0.359. The third-order valence-corrected chi connectivity index (χ3v) is 10.6. The van der Waals surface area contributed by atoms with Gasteiger partial charge in [-0.25, -0.2) is 26.6 Å². The molecule has 1 fully saturated rings. The second kappa shape index (κ2) is 11.2. The highest BCUT2D eigenvalue weighted by Crippen LogP contribution is 2.33. The zero-order valence-electron chi connectivity index (χ0n) is 19.1. The molecule has 2 N–H and O–H groups in total. The molecule has 0 unspecified atom stereocenters. The van der Waals surface area contributed by atoms with E-state index in [0.29, 0.717) is 18.0 Å². The lowest BCUT2D eigenvalue weighted by Gasteiger charge is -2.25. The van der Waals surface area contributed by atoms with Crippen molar-refractivity contribution in [3.8, 4) is 0 Å². The summed E-state index contributed by atoms with van der Waals surface area (Å²) < 4.78 is 54.9. The third kappa shape index (κ3) is 6.39. The molecule has 0 spiro atoms. The van der Waals surface area contributed by atoms with Crippen LogP contribution in [-0.4, -0.2) is 50.3 Å². The van der Waals surface area contributed by atoms with Gasteiger partial charge < -0.3 is 5.11 Å². The van der Waals surface area contributed by atoms with E-state index in [4.69, 9.17) is 23.2 Å². The molecule has 2 heterocycles. The highest BCUT2D eigenvalue weighted by molar-refractivity contribution is 7.99. The Morgan fingerprint density at radius 1 is 0.973 bits per heavy atom. The summed E-state index contributed by atoms with van der Waals surface area (Å²) in [5, 5.41) is 9.87. The molecule has 0 aliphatic carbocycles. The van der Waals surface area contributed by atoms with E-state index in [1.807, 2.05) is 0 Å². The molecule has 0 amide bonds. The zero-order chi connectivity index (χ0) is 26.8. The van der Waals surface area contributed by atoms with E-state index in [9.17, 15) is 26.7 Å². The molecule has 4 rings (SSSR count). The fourth-order valence-corrected chi connectivity index (χ4v) is 7.87. The van der Waals surface area contributed by atoms with Gasteiger partial charge in [-0.2, -0.15) is 4.31 Å². The average molecular weight is 603 g/mol. The number of rotatable bonds is 8. The maximum atomic E-state index is 12.9. The van der Waals surface area contributed by atoms with Crippen molar-refractivity contribution in [2.75, 3.05) is 17.8 Å². The number of halogens is 2. The first kappa shape index (κ1) is 27.7. The molecule has 1 aliphatic heterocycles. The highest BCUT2D eigenvalue weighted by Gasteiger charge is 2.26.